The van der Waals surface area contributed by atoms with Gasteiger partial charge >= 0.3 is 5.97 Å². The average molecular weight is 422 g/mol. The summed E-state index contributed by atoms with van der Waals surface area (Å²) >= 11 is 0. The third kappa shape index (κ3) is 4.32. The number of unbranched alkanes of at least 4 members (excludes halogenated alkanes) is 2. The molecular formula is C26H31NO4. The Morgan fingerprint density at radius 3 is 2.77 bits per heavy atom. The van der Waals surface area contributed by atoms with Gasteiger partial charge in [0.05, 0.1) is 5.57 Å². The number of anilines is 1. The Labute approximate surface area is 183 Å². The van der Waals surface area contributed by atoms with Crippen molar-refractivity contribution in [2.75, 3.05) is 5.32 Å². The number of fused-ring (bicyclic) bond motifs is 2. The van der Waals surface area contributed by atoms with Crippen molar-refractivity contribution in [3.63, 3.8) is 0 Å². The fourth-order valence-corrected chi connectivity index (χ4v) is 4.89. The standard InChI is InChI=1S/C26H31NO4/c1-3-4-5-8-19-18-9-6-7-10-22(18)31-23(19)15-20-25-16(2)17(12-14-24(28)29)11-13-21(25)27-26(20)30/h11,13,15H,3-10,12,14H2,1-2H3,(H,27,30)(H,28,29). The van der Waals surface area contributed by atoms with Crippen LogP contribution in [0.5, 0.6) is 0 Å². The van der Waals surface area contributed by atoms with Crippen molar-refractivity contribution in [1.82, 2.24) is 0 Å². The molecule has 5 nitrogen and oxygen atoms in total. The molecule has 0 atom stereocenters. The van der Waals surface area contributed by atoms with Gasteiger partial charge in [-0.15, -0.1) is 0 Å². The summed E-state index contributed by atoms with van der Waals surface area (Å²) in [6, 6.07) is 3.80. The zero-order valence-corrected chi connectivity index (χ0v) is 18.5. The van der Waals surface area contributed by atoms with E-state index in [1.807, 2.05) is 25.1 Å². The Bertz CT molecular complexity index is 1040. The summed E-state index contributed by atoms with van der Waals surface area (Å²) in [5.74, 6) is 0.983. The van der Waals surface area contributed by atoms with E-state index >= 15 is 0 Å². The Hall–Kier alpha value is -2.82. The molecule has 1 aliphatic carbocycles. The zero-order chi connectivity index (χ0) is 22.0. The highest BCUT2D eigenvalue weighted by molar-refractivity contribution is 6.35. The van der Waals surface area contributed by atoms with Crippen LogP contribution in [-0.4, -0.2) is 17.0 Å². The van der Waals surface area contributed by atoms with Gasteiger partial charge in [0.15, 0.2) is 0 Å². The van der Waals surface area contributed by atoms with Crippen LogP contribution in [0.1, 0.15) is 84.8 Å². The van der Waals surface area contributed by atoms with E-state index in [4.69, 9.17) is 9.52 Å². The minimum absolute atomic E-state index is 0.0759. The second kappa shape index (κ2) is 9.13. The van der Waals surface area contributed by atoms with Gasteiger partial charge < -0.3 is 14.8 Å². The van der Waals surface area contributed by atoms with Gasteiger partial charge in [0.2, 0.25) is 0 Å². The normalized spacial score (nSPS) is 16.3. The van der Waals surface area contributed by atoms with Gasteiger partial charge in [0, 0.05) is 29.7 Å². The van der Waals surface area contributed by atoms with Crippen LogP contribution in [0.25, 0.3) is 11.6 Å². The first kappa shape index (κ1) is 21.4. The lowest BCUT2D eigenvalue weighted by Crippen LogP contribution is -2.04. The summed E-state index contributed by atoms with van der Waals surface area (Å²) in [5.41, 5.74) is 6.85. The molecular weight excluding hydrogens is 390 g/mol. The average Bonchev–Trinajstić information content (AvgIpc) is 3.25. The van der Waals surface area contributed by atoms with Gasteiger partial charge in [-0.1, -0.05) is 25.8 Å². The molecule has 1 aromatic heterocycles. The van der Waals surface area contributed by atoms with Crippen molar-refractivity contribution in [2.24, 2.45) is 0 Å². The SMILES string of the molecule is CCCCCc1c(C=C2C(=O)Nc3ccc(CCC(=O)O)c(C)c32)oc2c1CCCC2. The Balaban J connectivity index is 1.75. The molecule has 4 rings (SSSR count). The highest BCUT2D eigenvalue weighted by Gasteiger charge is 2.29. The second-order valence-corrected chi connectivity index (χ2v) is 8.69. The summed E-state index contributed by atoms with van der Waals surface area (Å²) in [6.07, 6.45) is 11.3. The molecule has 1 aromatic carbocycles. The molecule has 1 amide bonds. The van der Waals surface area contributed by atoms with E-state index in [1.54, 1.807) is 0 Å². The first-order valence-electron chi connectivity index (χ1n) is 11.5. The number of carboxylic acids is 1. The van der Waals surface area contributed by atoms with Crippen LogP contribution in [-0.2, 0) is 35.3 Å². The maximum absolute atomic E-state index is 12.9. The van der Waals surface area contributed by atoms with Crippen molar-refractivity contribution < 1.29 is 19.1 Å². The highest BCUT2D eigenvalue weighted by atomic mass is 16.4. The Morgan fingerprint density at radius 1 is 1.19 bits per heavy atom. The largest absolute Gasteiger partial charge is 0.481 e. The lowest BCUT2D eigenvalue weighted by atomic mass is 9.91. The fraction of sp³-hybridized carbons (Fsp3) is 0.462. The predicted octanol–water partition coefficient (Wildman–Crippen LogP) is 5.71. The van der Waals surface area contributed by atoms with Crippen LogP contribution in [0.4, 0.5) is 5.69 Å². The van der Waals surface area contributed by atoms with E-state index in [-0.39, 0.29) is 12.3 Å². The maximum Gasteiger partial charge on any atom is 0.303 e. The van der Waals surface area contributed by atoms with Crippen molar-refractivity contribution >= 4 is 29.2 Å². The number of hydrogen-bond donors (Lipinski definition) is 2. The van der Waals surface area contributed by atoms with E-state index in [0.29, 0.717) is 12.0 Å². The lowest BCUT2D eigenvalue weighted by molar-refractivity contribution is -0.137. The Morgan fingerprint density at radius 2 is 2.00 bits per heavy atom. The quantitative estimate of drug-likeness (QED) is 0.423. The molecule has 2 N–H and O–H groups in total. The first-order valence-corrected chi connectivity index (χ1v) is 11.5. The monoisotopic (exact) mass is 421 g/mol. The molecule has 0 saturated carbocycles. The van der Waals surface area contributed by atoms with Crippen molar-refractivity contribution in [1.29, 1.82) is 0 Å². The summed E-state index contributed by atoms with van der Waals surface area (Å²) < 4.78 is 6.31. The molecule has 5 heteroatoms. The Kier molecular flexibility index (Phi) is 6.30. The smallest absolute Gasteiger partial charge is 0.303 e. The minimum Gasteiger partial charge on any atom is -0.481 e. The summed E-state index contributed by atoms with van der Waals surface area (Å²) in [6.45, 7) is 4.18. The van der Waals surface area contributed by atoms with Crippen molar-refractivity contribution in [2.45, 2.75) is 78.1 Å². The molecule has 0 spiro atoms. The van der Waals surface area contributed by atoms with E-state index in [9.17, 15) is 9.59 Å². The molecule has 2 aliphatic rings. The number of carbonyl (C=O) groups is 2. The number of aryl methyl sites for hydroxylation is 2. The van der Waals surface area contributed by atoms with Crippen LogP contribution in [0, 0.1) is 6.92 Å². The summed E-state index contributed by atoms with van der Waals surface area (Å²) in [4.78, 5) is 23.9. The molecule has 2 aromatic rings. The third-order valence-electron chi connectivity index (χ3n) is 6.57. The van der Waals surface area contributed by atoms with E-state index in [2.05, 4.69) is 12.2 Å². The number of carboxylic acid groups (broad SMARTS) is 1. The lowest BCUT2D eigenvalue weighted by Gasteiger charge is -2.11. The predicted molar refractivity (Wildman–Crippen MR) is 122 cm³/mol. The van der Waals surface area contributed by atoms with Gasteiger partial charge in [0.1, 0.15) is 11.5 Å². The number of carbonyl (C=O) groups excluding carboxylic acids is 1. The fourth-order valence-electron chi connectivity index (χ4n) is 4.89. The molecule has 164 valence electrons. The number of benzene rings is 1. The molecule has 31 heavy (non-hydrogen) atoms. The van der Waals surface area contributed by atoms with Crippen LogP contribution in [0.3, 0.4) is 0 Å². The molecule has 0 unspecified atom stereocenters. The molecule has 0 saturated heterocycles. The van der Waals surface area contributed by atoms with Crippen molar-refractivity contribution in [3.05, 3.63) is 51.5 Å². The number of nitrogens with one attached hydrogen (secondary N) is 1. The molecule has 1 aliphatic heterocycles. The second-order valence-electron chi connectivity index (χ2n) is 8.69. The van der Waals surface area contributed by atoms with Gasteiger partial charge in [-0.05, 0) is 74.3 Å². The van der Waals surface area contributed by atoms with Gasteiger partial charge in [-0.3, -0.25) is 9.59 Å². The first-order chi connectivity index (χ1) is 15.0. The minimum atomic E-state index is -0.817. The molecule has 0 radical (unpaired) electrons. The molecule has 0 bridgehead atoms. The van der Waals surface area contributed by atoms with Gasteiger partial charge in [-0.25, -0.2) is 0 Å². The van der Waals surface area contributed by atoms with E-state index in [0.717, 1.165) is 66.0 Å². The van der Waals surface area contributed by atoms with E-state index < -0.39 is 5.97 Å². The van der Waals surface area contributed by atoms with Crippen molar-refractivity contribution in [3.8, 4) is 0 Å². The number of hydrogen-bond acceptors (Lipinski definition) is 3. The van der Waals surface area contributed by atoms with Gasteiger partial charge in [-0.2, -0.15) is 0 Å². The number of furan rings is 1. The topological polar surface area (TPSA) is 79.5 Å². The third-order valence-corrected chi connectivity index (χ3v) is 6.57. The maximum atomic E-state index is 12.9. The number of amides is 1. The van der Waals surface area contributed by atoms with Crippen LogP contribution >= 0.6 is 0 Å². The zero-order valence-electron chi connectivity index (χ0n) is 18.5. The van der Waals surface area contributed by atoms with Gasteiger partial charge in [0.25, 0.3) is 5.91 Å². The number of aliphatic carboxylic acids is 1. The van der Waals surface area contributed by atoms with Crippen LogP contribution in [0.15, 0.2) is 16.5 Å². The summed E-state index contributed by atoms with van der Waals surface area (Å²) in [5, 5.41) is 12.0. The summed E-state index contributed by atoms with van der Waals surface area (Å²) in [7, 11) is 0. The van der Waals surface area contributed by atoms with Crippen LogP contribution < -0.4 is 5.32 Å². The number of rotatable bonds is 8. The molecule has 2 heterocycles. The molecule has 0 fully saturated rings. The van der Waals surface area contributed by atoms with Crippen LogP contribution in [0.2, 0.25) is 0 Å². The van der Waals surface area contributed by atoms with E-state index in [1.165, 1.54) is 30.4 Å². The highest BCUT2D eigenvalue weighted by Crippen LogP contribution is 2.39.